The van der Waals surface area contributed by atoms with Gasteiger partial charge in [0.1, 0.15) is 10.0 Å². The fourth-order valence-corrected chi connectivity index (χ4v) is 4.73. The van der Waals surface area contributed by atoms with E-state index in [1.807, 2.05) is 32.0 Å². The first kappa shape index (κ1) is 17.7. The van der Waals surface area contributed by atoms with Gasteiger partial charge >= 0.3 is 0 Å². The number of anilines is 3. The first-order valence-corrected chi connectivity index (χ1v) is 10.1. The highest BCUT2D eigenvalue weighted by atomic mass is 35.5. The molecule has 130 valence electrons. The third-order valence-corrected chi connectivity index (χ3v) is 6.80. The number of aromatic nitrogens is 1. The van der Waals surface area contributed by atoms with E-state index in [9.17, 15) is 8.42 Å². The molecular formula is C17H16ClN3O2S2. The Morgan fingerprint density at radius 2 is 1.88 bits per heavy atom. The van der Waals surface area contributed by atoms with Gasteiger partial charge < -0.3 is 5.32 Å². The van der Waals surface area contributed by atoms with Crippen molar-refractivity contribution in [3.05, 3.63) is 64.1 Å². The van der Waals surface area contributed by atoms with Crippen molar-refractivity contribution >= 4 is 50.2 Å². The lowest BCUT2D eigenvalue weighted by Gasteiger charge is -2.11. The second-order valence-electron chi connectivity index (χ2n) is 5.47. The van der Waals surface area contributed by atoms with E-state index in [1.165, 1.54) is 17.8 Å². The third kappa shape index (κ3) is 4.12. The second kappa shape index (κ2) is 7.03. The number of hydrogen-bond acceptors (Lipinski definition) is 5. The molecule has 0 amide bonds. The van der Waals surface area contributed by atoms with Crippen molar-refractivity contribution in [2.75, 3.05) is 10.0 Å². The lowest BCUT2D eigenvalue weighted by molar-refractivity contribution is 0.603. The molecular weight excluding hydrogens is 378 g/mol. The van der Waals surface area contributed by atoms with Crippen LogP contribution in [0.15, 0.2) is 52.9 Å². The van der Waals surface area contributed by atoms with Gasteiger partial charge in [-0.15, -0.1) is 11.3 Å². The summed E-state index contributed by atoms with van der Waals surface area (Å²) >= 11 is 6.80. The molecule has 2 aromatic heterocycles. The van der Waals surface area contributed by atoms with Crippen LogP contribution in [0, 0.1) is 13.8 Å². The SMILES string of the molecule is Cc1cccc(Nc2ccc(NS(=O)(=O)c3ccc(Cl)s3)cn2)c1C. The van der Waals surface area contributed by atoms with Crippen LogP contribution in [-0.4, -0.2) is 13.4 Å². The highest BCUT2D eigenvalue weighted by molar-refractivity contribution is 7.94. The van der Waals surface area contributed by atoms with E-state index in [0.29, 0.717) is 15.8 Å². The number of hydrogen-bond donors (Lipinski definition) is 2. The number of benzene rings is 1. The van der Waals surface area contributed by atoms with Gasteiger partial charge in [0.2, 0.25) is 0 Å². The van der Waals surface area contributed by atoms with Gasteiger partial charge in [-0.2, -0.15) is 0 Å². The number of nitrogens with one attached hydrogen (secondary N) is 2. The largest absolute Gasteiger partial charge is 0.340 e. The number of aryl methyl sites for hydroxylation is 1. The van der Waals surface area contributed by atoms with Crippen LogP contribution in [0.3, 0.4) is 0 Å². The average molecular weight is 394 g/mol. The maximum absolute atomic E-state index is 12.3. The summed E-state index contributed by atoms with van der Waals surface area (Å²) in [5, 5.41) is 3.23. The molecule has 8 heteroatoms. The van der Waals surface area contributed by atoms with E-state index in [1.54, 1.807) is 18.2 Å². The smallest absolute Gasteiger partial charge is 0.271 e. The molecule has 2 heterocycles. The Morgan fingerprint density at radius 1 is 1.08 bits per heavy atom. The van der Waals surface area contributed by atoms with Gasteiger partial charge in [-0.1, -0.05) is 23.7 Å². The molecule has 0 aliphatic rings. The fraction of sp³-hybridized carbons (Fsp3) is 0.118. The lowest BCUT2D eigenvalue weighted by atomic mass is 10.1. The van der Waals surface area contributed by atoms with E-state index in [4.69, 9.17) is 11.6 Å². The van der Waals surface area contributed by atoms with Crippen molar-refractivity contribution in [2.45, 2.75) is 18.1 Å². The summed E-state index contributed by atoms with van der Waals surface area (Å²) < 4.78 is 27.6. The number of rotatable bonds is 5. The molecule has 0 atom stereocenters. The zero-order chi connectivity index (χ0) is 18.0. The van der Waals surface area contributed by atoms with Crippen molar-refractivity contribution in [1.29, 1.82) is 0 Å². The number of nitrogens with zero attached hydrogens (tertiary/aromatic N) is 1. The molecule has 3 rings (SSSR count). The number of thiophene rings is 1. The molecule has 0 aliphatic carbocycles. The Labute approximate surface area is 155 Å². The van der Waals surface area contributed by atoms with Gasteiger partial charge in [-0.25, -0.2) is 13.4 Å². The number of sulfonamides is 1. The predicted molar refractivity (Wildman–Crippen MR) is 104 cm³/mol. The molecule has 0 saturated carbocycles. The van der Waals surface area contributed by atoms with Crippen LogP contribution in [0.5, 0.6) is 0 Å². The number of pyridine rings is 1. The topological polar surface area (TPSA) is 71.1 Å². The molecule has 25 heavy (non-hydrogen) atoms. The summed E-state index contributed by atoms with van der Waals surface area (Å²) in [6.45, 7) is 4.08. The Balaban J connectivity index is 1.75. The molecule has 0 unspecified atom stereocenters. The van der Waals surface area contributed by atoms with Crippen LogP contribution >= 0.6 is 22.9 Å². The van der Waals surface area contributed by atoms with Crippen LogP contribution in [-0.2, 0) is 10.0 Å². The third-order valence-electron chi connectivity index (χ3n) is 3.70. The summed E-state index contributed by atoms with van der Waals surface area (Å²) in [4.78, 5) is 4.27. The van der Waals surface area contributed by atoms with E-state index >= 15 is 0 Å². The molecule has 1 aromatic carbocycles. The molecule has 0 radical (unpaired) electrons. The maximum atomic E-state index is 12.3. The molecule has 5 nitrogen and oxygen atoms in total. The molecule has 0 aliphatic heterocycles. The molecule has 0 spiro atoms. The zero-order valence-electron chi connectivity index (χ0n) is 13.6. The fourth-order valence-electron chi connectivity index (χ4n) is 2.20. The van der Waals surface area contributed by atoms with Gasteiger partial charge in [0.25, 0.3) is 10.0 Å². The molecule has 3 aromatic rings. The van der Waals surface area contributed by atoms with Crippen LogP contribution in [0.1, 0.15) is 11.1 Å². The van der Waals surface area contributed by atoms with Crippen LogP contribution < -0.4 is 10.0 Å². The average Bonchev–Trinajstić information content (AvgIpc) is 3.01. The van der Waals surface area contributed by atoms with Crippen molar-refractivity contribution in [2.24, 2.45) is 0 Å². The summed E-state index contributed by atoms with van der Waals surface area (Å²) in [5.74, 6) is 0.635. The monoisotopic (exact) mass is 393 g/mol. The Hall–Kier alpha value is -2.09. The zero-order valence-corrected chi connectivity index (χ0v) is 16.0. The standard InChI is InChI=1S/C17H16ClN3O2S2/c1-11-4-3-5-14(12(11)2)20-16-8-6-13(10-19-16)21-25(22,23)17-9-7-15(18)24-17/h3-10,21H,1-2H3,(H,19,20). The Kier molecular flexibility index (Phi) is 4.99. The minimum absolute atomic E-state index is 0.162. The first-order valence-electron chi connectivity index (χ1n) is 7.42. The van der Waals surface area contributed by atoms with Crippen LogP contribution in [0.25, 0.3) is 0 Å². The van der Waals surface area contributed by atoms with Crippen molar-refractivity contribution < 1.29 is 8.42 Å². The lowest BCUT2D eigenvalue weighted by Crippen LogP contribution is -2.11. The molecule has 0 fully saturated rings. The van der Waals surface area contributed by atoms with Gasteiger partial charge in [-0.3, -0.25) is 4.72 Å². The molecule has 0 bridgehead atoms. The predicted octanol–water partition coefficient (Wildman–Crippen LogP) is 4.96. The van der Waals surface area contributed by atoms with E-state index in [2.05, 4.69) is 15.0 Å². The maximum Gasteiger partial charge on any atom is 0.271 e. The van der Waals surface area contributed by atoms with Crippen LogP contribution in [0.2, 0.25) is 4.34 Å². The highest BCUT2D eigenvalue weighted by Crippen LogP contribution is 2.27. The minimum Gasteiger partial charge on any atom is -0.340 e. The van der Waals surface area contributed by atoms with Gasteiger partial charge in [-0.05, 0) is 55.3 Å². The van der Waals surface area contributed by atoms with E-state index < -0.39 is 10.0 Å². The van der Waals surface area contributed by atoms with Gasteiger partial charge in [0.15, 0.2) is 0 Å². The quantitative estimate of drug-likeness (QED) is 0.642. The van der Waals surface area contributed by atoms with Crippen molar-refractivity contribution in [3.8, 4) is 0 Å². The minimum atomic E-state index is -3.65. The molecule has 0 saturated heterocycles. The Bertz CT molecular complexity index is 999. The van der Waals surface area contributed by atoms with Gasteiger partial charge in [0, 0.05) is 5.69 Å². The van der Waals surface area contributed by atoms with E-state index in [0.717, 1.165) is 22.6 Å². The highest BCUT2D eigenvalue weighted by Gasteiger charge is 2.16. The summed E-state index contributed by atoms with van der Waals surface area (Å²) in [6.07, 6.45) is 1.47. The van der Waals surface area contributed by atoms with Crippen molar-refractivity contribution in [1.82, 2.24) is 4.98 Å². The number of halogens is 1. The Morgan fingerprint density at radius 3 is 2.52 bits per heavy atom. The second-order valence-corrected chi connectivity index (χ2v) is 9.09. The van der Waals surface area contributed by atoms with E-state index in [-0.39, 0.29) is 4.21 Å². The summed E-state index contributed by atoms with van der Waals surface area (Å²) in [7, 11) is -3.65. The summed E-state index contributed by atoms with van der Waals surface area (Å²) in [5.41, 5.74) is 3.68. The van der Waals surface area contributed by atoms with Crippen LogP contribution in [0.4, 0.5) is 17.2 Å². The normalized spacial score (nSPS) is 11.3. The van der Waals surface area contributed by atoms with Crippen molar-refractivity contribution in [3.63, 3.8) is 0 Å². The summed E-state index contributed by atoms with van der Waals surface area (Å²) in [6, 6.07) is 12.4. The molecule has 2 N–H and O–H groups in total. The first-order chi connectivity index (χ1) is 11.8. The van der Waals surface area contributed by atoms with Gasteiger partial charge in [0.05, 0.1) is 16.2 Å².